The molecule has 0 amide bonds. The highest BCUT2D eigenvalue weighted by molar-refractivity contribution is 6.30. The van der Waals surface area contributed by atoms with Crippen molar-refractivity contribution in [2.45, 2.75) is 32.7 Å². The number of carbonyl (C=O) groups is 1. The number of benzene rings is 1. The van der Waals surface area contributed by atoms with Crippen molar-refractivity contribution in [2.24, 2.45) is 11.7 Å². The summed E-state index contributed by atoms with van der Waals surface area (Å²) >= 11 is 5.64. The van der Waals surface area contributed by atoms with Crippen LogP contribution in [-0.4, -0.2) is 11.8 Å². The van der Waals surface area contributed by atoms with Crippen molar-refractivity contribution in [3.8, 4) is 0 Å². The lowest BCUT2D eigenvalue weighted by atomic mass is 9.97. The van der Waals surface area contributed by atoms with Crippen LogP contribution in [0, 0.1) is 11.7 Å². The lowest BCUT2D eigenvalue weighted by Crippen LogP contribution is -2.29. The smallest absolute Gasteiger partial charge is 0.141 e. The second-order valence-corrected chi connectivity index (χ2v) is 4.98. The molecule has 4 heteroatoms. The lowest BCUT2D eigenvalue weighted by molar-refractivity contribution is -0.118. The highest BCUT2D eigenvalue weighted by atomic mass is 35.5. The Morgan fingerprint density at radius 3 is 2.65 bits per heavy atom. The zero-order valence-electron chi connectivity index (χ0n) is 10.0. The van der Waals surface area contributed by atoms with E-state index < -0.39 is 5.82 Å². The Morgan fingerprint density at radius 2 is 2.12 bits per heavy atom. The van der Waals surface area contributed by atoms with E-state index in [0.29, 0.717) is 6.42 Å². The van der Waals surface area contributed by atoms with Crippen LogP contribution in [0.25, 0.3) is 0 Å². The summed E-state index contributed by atoms with van der Waals surface area (Å²) in [6.07, 6.45) is 0.590. The van der Waals surface area contributed by atoms with E-state index in [4.69, 9.17) is 17.3 Å². The van der Waals surface area contributed by atoms with Crippen molar-refractivity contribution < 1.29 is 9.18 Å². The number of ketones is 1. The van der Waals surface area contributed by atoms with Gasteiger partial charge in [-0.3, -0.25) is 4.79 Å². The molecule has 0 bridgehead atoms. The number of hydrogen-bond donors (Lipinski definition) is 1. The van der Waals surface area contributed by atoms with Gasteiger partial charge in [0.2, 0.25) is 0 Å². The van der Waals surface area contributed by atoms with Crippen LogP contribution in [0.2, 0.25) is 5.02 Å². The molecule has 0 aliphatic rings. The Bertz CT molecular complexity index is 406. The molecule has 0 aliphatic carbocycles. The third-order valence-electron chi connectivity index (χ3n) is 2.70. The van der Waals surface area contributed by atoms with Gasteiger partial charge in [-0.25, -0.2) is 4.39 Å². The minimum Gasteiger partial charge on any atom is -0.327 e. The van der Waals surface area contributed by atoms with Gasteiger partial charge in [0.25, 0.3) is 0 Å². The van der Waals surface area contributed by atoms with Crippen LogP contribution in [0.3, 0.4) is 0 Å². The average molecular weight is 258 g/mol. The van der Waals surface area contributed by atoms with E-state index >= 15 is 0 Å². The summed E-state index contributed by atoms with van der Waals surface area (Å²) in [5.74, 6) is -0.147. The first-order valence-electron chi connectivity index (χ1n) is 5.61. The number of halogens is 2. The monoisotopic (exact) mass is 257 g/mol. The number of hydrogen-bond acceptors (Lipinski definition) is 2. The largest absolute Gasteiger partial charge is 0.327 e. The first-order chi connectivity index (χ1) is 7.90. The van der Waals surface area contributed by atoms with E-state index in [0.717, 1.165) is 5.56 Å². The summed E-state index contributed by atoms with van der Waals surface area (Å²) in [6.45, 7) is 3.96. The molecule has 1 aromatic rings. The molecule has 1 atom stereocenters. The number of carbonyl (C=O) groups excluding carboxylic acids is 1. The minimum absolute atomic E-state index is 0.0449. The van der Waals surface area contributed by atoms with Gasteiger partial charge in [0.15, 0.2) is 0 Å². The highest BCUT2D eigenvalue weighted by Gasteiger charge is 2.13. The van der Waals surface area contributed by atoms with Crippen molar-refractivity contribution in [3.63, 3.8) is 0 Å². The fourth-order valence-electron chi connectivity index (χ4n) is 1.45. The van der Waals surface area contributed by atoms with Crippen LogP contribution in [-0.2, 0) is 11.2 Å². The maximum Gasteiger partial charge on any atom is 0.141 e. The van der Waals surface area contributed by atoms with Gasteiger partial charge < -0.3 is 5.73 Å². The molecule has 0 aliphatic heterocycles. The van der Waals surface area contributed by atoms with Crippen LogP contribution >= 0.6 is 11.6 Å². The SMILES string of the molecule is CC(C)C(N)CC(=O)Cc1ccc(F)c(Cl)c1. The topological polar surface area (TPSA) is 43.1 Å². The van der Waals surface area contributed by atoms with E-state index in [1.807, 2.05) is 13.8 Å². The third-order valence-corrected chi connectivity index (χ3v) is 2.99. The van der Waals surface area contributed by atoms with Crippen LogP contribution in [0.15, 0.2) is 18.2 Å². The number of rotatable bonds is 5. The molecular formula is C13H17ClFNO. The molecule has 1 aromatic carbocycles. The van der Waals surface area contributed by atoms with Gasteiger partial charge in [0.05, 0.1) is 5.02 Å². The molecule has 17 heavy (non-hydrogen) atoms. The molecular weight excluding hydrogens is 241 g/mol. The summed E-state index contributed by atoms with van der Waals surface area (Å²) in [6, 6.07) is 4.20. The zero-order chi connectivity index (χ0) is 13.0. The molecule has 1 rings (SSSR count). The zero-order valence-corrected chi connectivity index (χ0v) is 10.8. The van der Waals surface area contributed by atoms with Crippen molar-refractivity contribution in [2.75, 3.05) is 0 Å². The Kier molecular flexibility index (Phi) is 5.09. The first-order valence-corrected chi connectivity index (χ1v) is 5.99. The van der Waals surface area contributed by atoms with Gasteiger partial charge in [-0.05, 0) is 23.6 Å². The first kappa shape index (κ1) is 14.1. The van der Waals surface area contributed by atoms with Crippen LogP contribution < -0.4 is 5.73 Å². The predicted octanol–water partition coefficient (Wildman–Crippen LogP) is 2.96. The van der Waals surface area contributed by atoms with Gasteiger partial charge in [-0.15, -0.1) is 0 Å². The number of nitrogens with two attached hydrogens (primary N) is 1. The van der Waals surface area contributed by atoms with Gasteiger partial charge in [-0.1, -0.05) is 31.5 Å². The van der Waals surface area contributed by atoms with Crippen LogP contribution in [0.4, 0.5) is 4.39 Å². The van der Waals surface area contributed by atoms with Crippen LogP contribution in [0.1, 0.15) is 25.8 Å². The maximum atomic E-state index is 12.9. The predicted molar refractivity (Wildman–Crippen MR) is 67.6 cm³/mol. The average Bonchev–Trinajstić information content (AvgIpc) is 2.23. The van der Waals surface area contributed by atoms with Gasteiger partial charge >= 0.3 is 0 Å². The van der Waals surface area contributed by atoms with Crippen molar-refractivity contribution in [1.82, 2.24) is 0 Å². The van der Waals surface area contributed by atoms with Crippen LogP contribution in [0.5, 0.6) is 0 Å². The van der Waals surface area contributed by atoms with E-state index in [1.54, 1.807) is 6.07 Å². The van der Waals surface area contributed by atoms with Crippen molar-refractivity contribution >= 4 is 17.4 Å². The minimum atomic E-state index is -0.471. The van der Waals surface area contributed by atoms with Crippen molar-refractivity contribution in [1.29, 1.82) is 0 Å². The highest BCUT2D eigenvalue weighted by Crippen LogP contribution is 2.17. The Balaban J connectivity index is 2.59. The quantitative estimate of drug-likeness (QED) is 0.881. The molecule has 2 N–H and O–H groups in total. The number of Topliss-reactive ketones (excluding diaryl/α,β-unsaturated/α-hetero) is 1. The van der Waals surface area contributed by atoms with Gasteiger partial charge in [0.1, 0.15) is 11.6 Å². The Morgan fingerprint density at radius 1 is 1.47 bits per heavy atom. The molecule has 94 valence electrons. The summed E-state index contributed by atoms with van der Waals surface area (Å²) in [5, 5.41) is 0.0449. The Hall–Kier alpha value is -0.930. The molecule has 2 nitrogen and oxygen atoms in total. The molecule has 0 heterocycles. The van der Waals surface area contributed by atoms with E-state index in [1.165, 1.54) is 12.1 Å². The third kappa shape index (κ3) is 4.44. The van der Waals surface area contributed by atoms with Crippen molar-refractivity contribution in [3.05, 3.63) is 34.6 Å². The molecule has 0 radical (unpaired) electrons. The fourth-order valence-corrected chi connectivity index (χ4v) is 1.65. The Labute approximate surface area is 106 Å². The molecule has 0 saturated heterocycles. The molecule has 0 fully saturated rings. The summed E-state index contributed by atoms with van der Waals surface area (Å²) in [7, 11) is 0. The molecule has 0 aromatic heterocycles. The van der Waals surface area contributed by atoms with E-state index in [9.17, 15) is 9.18 Å². The normalized spacial score (nSPS) is 12.8. The molecule has 0 saturated carbocycles. The standard InChI is InChI=1S/C13H17ClFNO/c1-8(2)13(16)7-10(17)5-9-3-4-12(15)11(14)6-9/h3-4,6,8,13H,5,7,16H2,1-2H3. The van der Waals surface area contributed by atoms with Gasteiger partial charge in [0, 0.05) is 18.9 Å². The van der Waals surface area contributed by atoms with E-state index in [-0.39, 0.29) is 29.2 Å². The maximum absolute atomic E-state index is 12.9. The lowest BCUT2D eigenvalue weighted by Gasteiger charge is -2.14. The second-order valence-electron chi connectivity index (χ2n) is 4.58. The fraction of sp³-hybridized carbons (Fsp3) is 0.462. The second kappa shape index (κ2) is 6.12. The molecule has 0 spiro atoms. The van der Waals surface area contributed by atoms with E-state index in [2.05, 4.69) is 0 Å². The van der Waals surface area contributed by atoms with Gasteiger partial charge in [-0.2, -0.15) is 0 Å². The summed E-state index contributed by atoms with van der Waals surface area (Å²) < 4.78 is 12.9. The molecule has 1 unspecified atom stereocenters. The summed E-state index contributed by atoms with van der Waals surface area (Å²) in [4.78, 5) is 11.7. The summed E-state index contributed by atoms with van der Waals surface area (Å²) in [5.41, 5.74) is 6.54.